The fourth-order valence-electron chi connectivity index (χ4n) is 2.25. The van der Waals surface area contributed by atoms with Crippen LogP contribution in [0.15, 0.2) is 10.4 Å². The Morgan fingerprint density at radius 1 is 1.50 bits per heavy atom. The zero-order chi connectivity index (χ0) is 12.8. The molecule has 0 atom stereocenters. The van der Waals surface area contributed by atoms with E-state index in [1.165, 1.54) is 37.1 Å². The highest BCUT2D eigenvalue weighted by atomic mass is 32.1. The number of aromatic nitrogens is 1. The summed E-state index contributed by atoms with van der Waals surface area (Å²) in [6.07, 6.45) is 7.38. The summed E-state index contributed by atoms with van der Waals surface area (Å²) in [6, 6.07) is 0.518. The maximum atomic E-state index is 5.91. The van der Waals surface area contributed by atoms with Crippen LogP contribution in [0.2, 0.25) is 0 Å². The lowest BCUT2D eigenvalue weighted by atomic mass is 9.96. The molecular formula is C13H22N4S. The summed E-state index contributed by atoms with van der Waals surface area (Å²) in [4.78, 5) is 8.84. The molecule has 3 N–H and O–H groups in total. The molecule has 1 saturated carbocycles. The van der Waals surface area contributed by atoms with Crippen LogP contribution >= 0.6 is 11.3 Å². The van der Waals surface area contributed by atoms with Crippen LogP contribution in [0.25, 0.3) is 0 Å². The number of aryl methyl sites for hydroxylation is 1. The third kappa shape index (κ3) is 3.98. The van der Waals surface area contributed by atoms with Gasteiger partial charge in [-0.1, -0.05) is 26.2 Å². The molecule has 4 nitrogen and oxygen atoms in total. The minimum absolute atomic E-state index is 0.518. The second kappa shape index (κ2) is 6.73. The summed E-state index contributed by atoms with van der Waals surface area (Å²) in [5.74, 6) is 0.563. The highest BCUT2D eigenvalue weighted by Gasteiger charge is 2.13. The SMILES string of the molecule is CCc1nc(CN=C(N)NC2CCCCC2)cs1. The van der Waals surface area contributed by atoms with Crippen LogP contribution in [0.4, 0.5) is 0 Å². The molecule has 0 spiro atoms. The number of nitrogens with one attached hydrogen (secondary N) is 1. The van der Waals surface area contributed by atoms with Crippen LogP contribution in [0.1, 0.15) is 49.7 Å². The molecule has 0 bridgehead atoms. The van der Waals surface area contributed by atoms with Gasteiger partial charge in [0.05, 0.1) is 17.2 Å². The number of rotatable bonds is 4. The Balaban J connectivity index is 1.80. The van der Waals surface area contributed by atoms with Gasteiger partial charge in [0.25, 0.3) is 0 Å². The summed E-state index contributed by atoms with van der Waals surface area (Å²) in [7, 11) is 0. The zero-order valence-electron chi connectivity index (χ0n) is 11.0. The van der Waals surface area contributed by atoms with Crippen molar-refractivity contribution in [1.29, 1.82) is 0 Å². The topological polar surface area (TPSA) is 63.3 Å². The van der Waals surface area contributed by atoms with Crippen molar-refractivity contribution in [3.8, 4) is 0 Å². The Morgan fingerprint density at radius 3 is 2.94 bits per heavy atom. The van der Waals surface area contributed by atoms with Crippen molar-refractivity contribution in [3.63, 3.8) is 0 Å². The van der Waals surface area contributed by atoms with Gasteiger partial charge in [0.2, 0.25) is 0 Å². The van der Waals surface area contributed by atoms with E-state index in [2.05, 4.69) is 27.6 Å². The predicted octanol–water partition coefficient (Wildman–Crippen LogP) is 2.44. The standard InChI is InChI=1S/C13H22N4S/c1-2-12-16-11(9-18-12)8-15-13(14)17-10-6-4-3-5-7-10/h9-10H,2-8H2,1H3,(H3,14,15,17). The number of nitrogens with zero attached hydrogens (tertiary/aromatic N) is 2. The van der Waals surface area contributed by atoms with Crippen molar-refractivity contribution in [2.24, 2.45) is 10.7 Å². The van der Waals surface area contributed by atoms with Gasteiger partial charge in [0.1, 0.15) is 0 Å². The van der Waals surface area contributed by atoms with Gasteiger partial charge in [-0.2, -0.15) is 0 Å². The van der Waals surface area contributed by atoms with E-state index < -0.39 is 0 Å². The van der Waals surface area contributed by atoms with Gasteiger partial charge in [-0.3, -0.25) is 0 Å². The molecule has 1 aliphatic rings. The van der Waals surface area contributed by atoms with Gasteiger partial charge >= 0.3 is 0 Å². The number of hydrogen-bond acceptors (Lipinski definition) is 3. The molecule has 18 heavy (non-hydrogen) atoms. The van der Waals surface area contributed by atoms with E-state index in [-0.39, 0.29) is 0 Å². The maximum absolute atomic E-state index is 5.91. The first-order chi connectivity index (χ1) is 8.78. The average molecular weight is 266 g/mol. The highest BCUT2D eigenvalue weighted by molar-refractivity contribution is 7.09. The van der Waals surface area contributed by atoms with E-state index in [1.807, 2.05) is 0 Å². The Morgan fingerprint density at radius 2 is 2.28 bits per heavy atom. The Hall–Kier alpha value is -1.10. The molecule has 1 aromatic rings. The molecule has 1 fully saturated rings. The largest absolute Gasteiger partial charge is 0.370 e. The zero-order valence-corrected chi connectivity index (χ0v) is 11.8. The van der Waals surface area contributed by atoms with Crippen molar-refractivity contribution in [1.82, 2.24) is 10.3 Å². The lowest BCUT2D eigenvalue weighted by Gasteiger charge is -2.23. The van der Waals surface area contributed by atoms with E-state index in [1.54, 1.807) is 11.3 Å². The first-order valence-electron chi connectivity index (χ1n) is 6.77. The second-order valence-corrected chi connectivity index (χ2v) is 5.71. The van der Waals surface area contributed by atoms with E-state index in [9.17, 15) is 0 Å². The van der Waals surface area contributed by atoms with Crippen molar-refractivity contribution < 1.29 is 0 Å². The summed E-state index contributed by atoms with van der Waals surface area (Å²) in [6.45, 7) is 2.70. The molecule has 0 saturated heterocycles. The van der Waals surface area contributed by atoms with Gasteiger partial charge < -0.3 is 11.1 Å². The Kier molecular flexibility index (Phi) is 4.99. The number of hydrogen-bond donors (Lipinski definition) is 2. The smallest absolute Gasteiger partial charge is 0.189 e. The molecule has 2 rings (SSSR count). The van der Waals surface area contributed by atoms with Gasteiger partial charge in [0.15, 0.2) is 5.96 Å². The third-order valence-electron chi connectivity index (χ3n) is 3.27. The minimum atomic E-state index is 0.518. The van der Waals surface area contributed by atoms with Crippen LogP contribution in [0.3, 0.4) is 0 Å². The van der Waals surface area contributed by atoms with Crippen LogP contribution in [-0.4, -0.2) is 17.0 Å². The van der Waals surface area contributed by atoms with E-state index in [4.69, 9.17) is 5.73 Å². The van der Waals surface area contributed by atoms with E-state index >= 15 is 0 Å². The van der Waals surface area contributed by atoms with Crippen LogP contribution in [0.5, 0.6) is 0 Å². The van der Waals surface area contributed by atoms with E-state index in [0.717, 1.165) is 12.1 Å². The minimum Gasteiger partial charge on any atom is -0.370 e. The highest BCUT2D eigenvalue weighted by Crippen LogP contribution is 2.17. The second-order valence-electron chi connectivity index (χ2n) is 4.77. The monoisotopic (exact) mass is 266 g/mol. The normalized spacial score (nSPS) is 17.9. The Bertz CT molecular complexity index is 393. The van der Waals surface area contributed by atoms with Gasteiger partial charge in [-0.25, -0.2) is 9.98 Å². The number of guanidine groups is 1. The summed E-state index contributed by atoms with van der Waals surface area (Å²) in [5.41, 5.74) is 6.92. The molecule has 5 heteroatoms. The molecular weight excluding hydrogens is 244 g/mol. The molecule has 0 aliphatic heterocycles. The molecule has 0 unspecified atom stereocenters. The number of aliphatic imine (C=N–C) groups is 1. The third-order valence-corrected chi connectivity index (χ3v) is 4.31. The quantitative estimate of drug-likeness (QED) is 0.650. The maximum Gasteiger partial charge on any atom is 0.189 e. The van der Waals surface area contributed by atoms with E-state index in [0.29, 0.717) is 18.5 Å². The van der Waals surface area contributed by atoms with Crippen molar-refractivity contribution >= 4 is 17.3 Å². The first kappa shape index (κ1) is 13.3. The number of thiazole rings is 1. The fraction of sp³-hybridized carbons (Fsp3) is 0.692. The Labute approximate surface area is 113 Å². The lowest BCUT2D eigenvalue weighted by Crippen LogP contribution is -2.41. The van der Waals surface area contributed by atoms with Crippen LogP contribution in [0, 0.1) is 0 Å². The van der Waals surface area contributed by atoms with Crippen molar-refractivity contribution in [2.75, 3.05) is 0 Å². The molecule has 0 radical (unpaired) electrons. The van der Waals surface area contributed by atoms with Gasteiger partial charge in [0, 0.05) is 11.4 Å². The van der Waals surface area contributed by atoms with Gasteiger partial charge in [-0.15, -0.1) is 11.3 Å². The average Bonchev–Trinajstić information content (AvgIpc) is 2.85. The first-order valence-corrected chi connectivity index (χ1v) is 7.65. The molecule has 0 amide bonds. The summed E-state index contributed by atoms with van der Waals surface area (Å²) < 4.78 is 0. The fourth-order valence-corrected chi connectivity index (χ4v) is 2.99. The summed E-state index contributed by atoms with van der Waals surface area (Å²) in [5, 5.41) is 6.54. The van der Waals surface area contributed by atoms with Crippen LogP contribution < -0.4 is 11.1 Å². The number of nitrogens with two attached hydrogens (primary N) is 1. The van der Waals surface area contributed by atoms with Crippen LogP contribution in [-0.2, 0) is 13.0 Å². The summed E-state index contributed by atoms with van der Waals surface area (Å²) >= 11 is 1.70. The van der Waals surface area contributed by atoms with Crippen molar-refractivity contribution in [2.45, 2.75) is 58.0 Å². The van der Waals surface area contributed by atoms with Crippen molar-refractivity contribution in [3.05, 3.63) is 16.1 Å². The lowest BCUT2D eigenvalue weighted by molar-refractivity contribution is 0.412. The molecule has 100 valence electrons. The molecule has 1 aliphatic carbocycles. The molecule has 0 aromatic carbocycles. The predicted molar refractivity (Wildman–Crippen MR) is 76.8 cm³/mol. The molecule has 1 aromatic heterocycles. The molecule has 1 heterocycles. The van der Waals surface area contributed by atoms with Gasteiger partial charge in [-0.05, 0) is 19.3 Å².